The van der Waals surface area contributed by atoms with Crippen molar-refractivity contribution in [2.24, 2.45) is 0 Å². The van der Waals surface area contributed by atoms with E-state index in [0.29, 0.717) is 16.9 Å². The van der Waals surface area contributed by atoms with Crippen LogP contribution < -0.4 is 4.74 Å². The fourth-order valence-corrected chi connectivity index (χ4v) is 3.45. The third-order valence-corrected chi connectivity index (χ3v) is 4.57. The highest BCUT2D eigenvalue weighted by Gasteiger charge is 2.27. The first kappa shape index (κ1) is 21.5. The number of carbonyl (C=O) groups is 2. The van der Waals surface area contributed by atoms with E-state index in [4.69, 9.17) is 9.47 Å². The second-order valence-corrected chi connectivity index (χ2v) is 7.21. The van der Waals surface area contributed by atoms with Gasteiger partial charge < -0.3 is 14.4 Å². The number of carbonyl (C=O) groups excluding carboxylic acids is 2. The average Bonchev–Trinajstić information content (AvgIpc) is 2.64. The van der Waals surface area contributed by atoms with E-state index < -0.39 is 0 Å². The van der Waals surface area contributed by atoms with Crippen LogP contribution in [-0.4, -0.2) is 36.0 Å². The average molecular weight is 383 g/mol. The second kappa shape index (κ2) is 9.40. The van der Waals surface area contributed by atoms with Crippen molar-refractivity contribution < 1.29 is 19.1 Å². The summed E-state index contributed by atoms with van der Waals surface area (Å²) in [5.41, 5.74) is 1.18. The molecule has 2 aromatic rings. The van der Waals surface area contributed by atoms with E-state index in [2.05, 4.69) is 6.58 Å². The first-order chi connectivity index (χ1) is 13.3. The highest BCUT2D eigenvalue weighted by atomic mass is 16.5. The van der Waals surface area contributed by atoms with Crippen molar-refractivity contribution in [1.29, 1.82) is 0 Å². The van der Waals surface area contributed by atoms with Crippen molar-refractivity contribution in [3.05, 3.63) is 54.1 Å². The minimum atomic E-state index is -0.377. The molecule has 0 aliphatic carbocycles. The zero-order valence-electron chi connectivity index (χ0n) is 17.3. The maximum atomic E-state index is 13.6. The number of hydrogen-bond acceptors (Lipinski definition) is 4. The topological polar surface area (TPSA) is 55.8 Å². The molecular weight excluding hydrogens is 354 g/mol. The zero-order chi connectivity index (χ0) is 20.8. The van der Waals surface area contributed by atoms with Crippen LogP contribution in [0.4, 0.5) is 0 Å². The normalized spacial score (nSPS) is 11.0. The minimum Gasteiger partial charge on any atom is -0.496 e. The van der Waals surface area contributed by atoms with Crippen LogP contribution >= 0.6 is 0 Å². The Hall–Kier alpha value is -2.82. The Balaban J connectivity index is 2.66. The summed E-state index contributed by atoms with van der Waals surface area (Å²) in [5.74, 6) is 0.139. The molecule has 150 valence electrons. The molecule has 0 saturated carbocycles. The first-order valence-electron chi connectivity index (χ1n) is 9.49. The summed E-state index contributed by atoms with van der Waals surface area (Å²) in [4.78, 5) is 27.3. The fraction of sp³-hybridized carbons (Fsp3) is 0.391. The van der Waals surface area contributed by atoms with Gasteiger partial charge in [-0.25, -0.2) is 0 Å². The number of fused-ring (bicyclic) bond motifs is 1. The predicted octanol–water partition coefficient (Wildman–Crippen LogP) is 4.73. The summed E-state index contributed by atoms with van der Waals surface area (Å²) in [6.45, 7) is 11.5. The fourth-order valence-electron chi connectivity index (χ4n) is 3.45. The van der Waals surface area contributed by atoms with Crippen LogP contribution in [0.5, 0.6) is 5.75 Å². The quantitative estimate of drug-likeness (QED) is 0.489. The molecule has 0 unspecified atom stereocenters. The smallest absolute Gasteiger partial charge is 0.309 e. The SMILES string of the molecule is C=CCC(=O)OCc1ccc2cccc(OC)c2c1C(=O)N(C(C)C)C(C)C. The molecule has 0 radical (unpaired) electrons. The summed E-state index contributed by atoms with van der Waals surface area (Å²) in [7, 11) is 1.59. The van der Waals surface area contributed by atoms with Gasteiger partial charge in [-0.1, -0.05) is 30.3 Å². The van der Waals surface area contributed by atoms with Crippen LogP contribution in [0.25, 0.3) is 10.8 Å². The predicted molar refractivity (Wildman–Crippen MR) is 112 cm³/mol. The van der Waals surface area contributed by atoms with Crippen molar-refractivity contribution in [2.75, 3.05) is 7.11 Å². The zero-order valence-corrected chi connectivity index (χ0v) is 17.3. The van der Waals surface area contributed by atoms with E-state index in [9.17, 15) is 9.59 Å². The molecule has 0 aliphatic heterocycles. The number of nitrogens with zero attached hydrogens (tertiary/aromatic N) is 1. The van der Waals surface area contributed by atoms with Crippen molar-refractivity contribution in [3.63, 3.8) is 0 Å². The van der Waals surface area contributed by atoms with Gasteiger partial charge in [0.1, 0.15) is 12.4 Å². The lowest BCUT2D eigenvalue weighted by Crippen LogP contribution is -2.42. The first-order valence-corrected chi connectivity index (χ1v) is 9.49. The molecule has 0 bridgehead atoms. The van der Waals surface area contributed by atoms with Crippen molar-refractivity contribution in [2.45, 2.75) is 52.8 Å². The molecule has 0 aliphatic rings. The number of amides is 1. The van der Waals surface area contributed by atoms with E-state index >= 15 is 0 Å². The monoisotopic (exact) mass is 383 g/mol. The van der Waals surface area contributed by atoms with Crippen molar-refractivity contribution >= 4 is 22.6 Å². The van der Waals surface area contributed by atoms with Gasteiger partial charge in [-0.3, -0.25) is 9.59 Å². The summed E-state index contributed by atoms with van der Waals surface area (Å²) in [5, 5.41) is 1.63. The molecule has 2 aromatic carbocycles. The lowest BCUT2D eigenvalue weighted by atomic mass is 9.96. The standard InChI is InChI=1S/C23H29NO4/c1-7-9-20(25)28-14-18-13-12-17-10-8-11-19(27-6)21(17)22(18)23(26)24(15(2)3)16(4)5/h7-8,10-13,15-16H,1,9,14H2,2-6H3. The Morgan fingerprint density at radius 3 is 2.36 bits per heavy atom. The van der Waals surface area contributed by atoms with Gasteiger partial charge >= 0.3 is 5.97 Å². The van der Waals surface area contributed by atoms with E-state index in [0.717, 1.165) is 10.8 Å². The Kier molecular flexibility index (Phi) is 7.21. The number of esters is 1. The largest absolute Gasteiger partial charge is 0.496 e. The molecular formula is C23H29NO4. The van der Waals surface area contributed by atoms with Gasteiger partial charge in [0.2, 0.25) is 0 Å². The van der Waals surface area contributed by atoms with Gasteiger partial charge in [0.25, 0.3) is 5.91 Å². The number of rotatable bonds is 8. The maximum absolute atomic E-state index is 13.6. The number of benzene rings is 2. The molecule has 0 aromatic heterocycles. The van der Waals surface area contributed by atoms with Gasteiger partial charge in [0.15, 0.2) is 0 Å². The molecule has 0 atom stereocenters. The molecule has 0 heterocycles. The molecule has 0 fully saturated rings. The number of ether oxygens (including phenoxy) is 2. The Morgan fingerprint density at radius 1 is 1.11 bits per heavy atom. The van der Waals surface area contributed by atoms with Crippen LogP contribution in [0.2, 0.25) is 0 Å². The van der Waals surface area contributed by atoms with Gasteiger partial charge in [0.05, 0.1) is 19.1 Å². The summed E-state index contributed by atoms with van der Waals surface area (Å²) < 4.78 is 10.9. The molecule has 0 N–H and O–H groups in total. The maximum Gasteiger partial charge on any atom is 0.309 e. The number of hydrogen-bond donors (Lipinski definition) is 0. The molecule has 0 saturated heterocycles. The van der Waals surface area contributed by atoms with Crippen LogP contribution in [0.3, 0.4) is 0 Å². The van der Waals surface area contributed by atoms with E-state index in [-0.39, 0.29) is 37.0 Å². The highest BCUT2D eigenvalue weighted by molar-refractivity contribution is 6.10. The summed E-state index contributed by atoms with van der Waals surface area (Å²) in [6.07, 6.45) is 1.63. The third-order valence-electron chi connectivity index (χ3n) is 4.57. The van der Waals surface area contributed by atoms with Crippen LogP contribution in [-0.2, 0) is 16.1 Å². The van der Waals surface area contributed by atoms with Crippen molar-refractivity contribution in [3.8, 4) is 5.75 Å². The molecule has 2 rings (SSSR count). The molecule has 5 nitrogen and oxygen atoms in total. The molecule has 1 amide bonds. The van der Waals surface area contributed by atoms with E-state index in [1.54, 1.807) is 7.11 Å². The molecule has 5 heteroatoms. The molecule has 28 heavy (non-hydrogen) atoms. The van der Waals surface area contributed by atoms with Crippen LogP contribution in [0, 0.1) is 0 Å². The Bertz CT molecular complexity index is 862. The summed E-state index contributed by atoms with van der Waals surface area (Å²) in [6, 6.07) is 9.47. The molecule has 0 spiro atoms. The highest BCUT2D eigenvalue weighted by Crippen LogP contribution is 2.33. The van der Waals surface area contributed by atoms with Gasteiger partial charge in [-0.2, -0.15) is 0 Å². The Labute approximate surface area is 166 Å². The van der Waals surface area contributed by atoms with Crippen LogP contribution in [0.1, 0.15) is 50.0 Å². The van der Waals surface area contributed by atoms with E-state index in [1.807, 2.05) is 62.9 Å². The Morgan fingerprint density at radius 2 is 1.79 bits per heavy atom. The van der Waals surface area contributed by atoms with E-state index in [1.165, 1.54) is 6.08 Å². The van der Waals surface area contributed by atoms with Crippen molar-refractivity contribution in [1.82, 2.24) is 4.90 Å². The lowest BCUT2D eigenvalue weighted by molar-refractivity contribution is -0.143. The third kappa shape index (κ3) is 4.53. The minimum absolute atomic E-state index is 0.0196. The van der Waals surface area contributed by atoms with Crippen LogP contribution in [0.15, 0.2) is 43.0 Å². The second-order valence-electron chi connectivity index (χ2n) is 7.21. The van der Waals surface area contributed by atoms with Gasteiger partial charge in [-0.05, 0) is 39.1 Å². The van der Waals surface area contributed by atoms with Gasteiger partial charge in [-0.15, -0.1) is 6.58 Å². The number of methoxy groups -OCH3 is 1. The van der Waals surface area contributed by atoms with Gasteiger partial charge in [0, 0.05) is 23.0 Å². The lowest BCUT2D eigenvalue weighted by Gasteiger charge is -2.32. The summed E-state index contributed by atoms with van der Waals surface area (Å²) >= 11 is 0.